The van der Waals surface area contributed by atoms with Gasteiger partial charge >= 0.3 is 5.97 Å². The van der Waals surface area contributed by atoms with E-state index in [0.29, 0.717) is 17.5 Å². The molecule has 0 bridgehead atoms. The van der Waals surface area contributed by atoms with Crippen LogP contribution in [0.1, 0.15) is 41.6 Å². The highest BCUT2D eigenvalue weighted by atomic mass is 79.9. The number of hydrogen-bond donors (Lipinski definition) is 1. The Morgan fingerprint density at radius 3 is 2.41 bits per heavy atom. The molecule has 1 heterocycles. The number of nitrogens with zero attached hydrogens (tertiary/aromatic N) is 2. The molecule has 2 aromatic carbocycles. The van der Waals surface area contributed by atoms with Crippen LogP contribution in [0.5, 0.6) is 0 Å². The van der Waals surface area contributed by atoms with Crippen LogP contribution in [0.4, 0.5) is 11.4 Å². The lowest BCUT2D eigenvalue weighted by Crippen LogP contribution is -2.35. The molecule has 4 nitrogen and oxygen atoms in total. The summed E-state index contributed by atoms with van der Waals surface area (Å²) in [5, 5.41) is 10.0. The van der Waals surface area contributed by atoms with Gasteiger partial charge in [-0.2, -0.15) is 0 Å². The second kappa shape index (κ2) is 7.19. The summed E-state index contributed by atoms with van der Waals surface area (Å²) >= 11 is 3.61. The molecule has 0 radical (unpaired) electrons. The van der Waals surface area contributed by atoms with Crippen LogP contribution in [0, 0.1) is 5.41 Å². The number of anilines is 2. The first kappa shape index (κ1) is 18.4. The second-order valence-corrected chi connectivity index (χ2v) is 8.87. The van der Waals surface area contributed by atoms with E-state index in [1.54, 1.807) is 0 Å². The monoisotopic (exact) mass is 428 g/mol. The standard InChI is InChI=1S/C22H25BrN2O2/c1-24(15-16-5-3-2-4-6-16)18-13-17(23)14-19(20(18)21(26)27)25-11-9-22(7-8-22)10-12-25/h2-6,13-14H,7-12,15H2,1H3,(H,26,27). The Hall–Kier alpha value is -2.01. The van der Waals surface area contributed by atoms with E-state index in [9.17, 15) is 9.90 Å². The lowest BCUT2D eigenvalue weighted by Gasteiger charge is -2.35. The van der Waals surface area contributed by atoms with Gasteiger partial charge in [0.25, 0.3) is 0 Å². The molecular formula is C22H25BrN2O2. The van der Waals surface area contributed by atoms with Crippen molar-refractivity contribution in [1.29, 1.82) is 0 Å². The first-order valence-corrected chi connectivity index (χ1v) is 10.3. The number of aromatic carboxylic acids is 1. The van der Waals surface area contributed by atoms with Crippen LogP contribution in [-0.2, 0) is 6.54 Å². The van der Waals surface area contributed by atoms with Gasteiger partial charge in [-0.05, 0) is 48.8 Å². The van der Waals surface area contributed by atoms with Crippen LogP contribution in [0.25, 0.3) is 0 Å². The molecule has 2 fully saturated rings. The lowest BCUT2D eigenvalue weighted by atomic mass is 9.93. The van der Waals surface area contributed by atoms with Gasteiger partial charge in [-0.25, -0.2) is 4.79 Å². The first-order chi connectivity index (χ1) is 13.0. The molecule has 2 aromatic rings. The molecule has 142 valence electrons. The molecule has 0 atom stereocenters. The van der Waals surface area contributed by atoms with E-state index in [1.165, 1.54) is 25.7 Å². The Bertz CT molecular complexity index is 839. The van der Waals surface area contributed by atoms with Gasteiger partial charge in [0, 0.05) is 31.2 Å². The Labute approximate surface area is 168 Å². The van der Waals surface area contributed by atoms with Gasteiger partial charge in [0.2, 0.25) is 0 Å². The number of carbonyl (C=O) groups is 1. The second-order valence-electron chi connectivity index (χ2n) is 7.95. The molecule has 0 amide bonds. The zero-order valence-electron chi connectivity index (χ0n) is 15.6. The van der Waals surface area contributed by atoms with Crippen molar-refractivity contribution in [3.63, 3.8) is 0 Å². The van der Waals surface area contributed by atoms with Crippen molar-refractivity contribution in [1.82, 2.24) is 0 Å². The molecule has 1 N–H and O–H groups in total. The third kappa shape index (κ3) is 3.84. The summed E-state index contributed by atoms with van der Waals surface area (Å²) in [6.45, 7) is 2.55. The molecule has 4 rings (SSSR count). The molecular weight excluding hydrogens is 404 g/mol. The highest BCUT2D eigenvalue weighted by molar-refractivity contribution is 9.10. The van der Waals surface area contributed by atoms with E-state index < -0.39 is 5.97 Å². The molecule has 0 aromatic heterocycles. The fraction of sp³-hybridized carbons (Fsp3) is 0.409. The topological polar surface area (TPSA) is 43.8 Å². The maximum atomic E-state index is 12.2. The van der Waals surface area contributed by atoms with E-state index in [0.717, 1.165) is 34.5 Å². The molecule has 27 heavy (non-hydrogen) atoms. The third-order valence-corrected chi connectivity index (χ3v) is 6.53. The van der Waals surface area contributed by atoms with Crippen LogP contribution >= 0.6 is 15.9 Å². The summed E-state index contributed by atoms with van der Waals surface area (Å²) in [6.07, 6.45) is 5.04. The van der Waals surface area contributed by atoms with Gasteiger partial charge in [-0.15, -0.1) is 0 Å². The Morgan fingerprint density at radius 1 is 1.15 bits per heavy atom. The number of benzene rings is 2. The van der Waals surface area contributed by atoms with Gasteiger partial charge < -0.3 is 14.9 Å². The van der Waals surface area contributed by atoms with Crippen LogP contribution in [-0.4, -0.2) is 31.2 Å². The van der Waals surface area contributed by atoms with E-state index in [2.05, 4.69) is 33.0 Å². The summed E-state index contributed by atoms with van der Waals surface area (Å²) in [7, 11) is 1.96. The van der Waals surface area contributed by atoms with Gasteiger partial charge in [-0.3, -0.25) is 0 Å². The molecule has 5 heteroatoms. The normalized spacial score (nSPS) is 17.8. The van der Waals surface area contributed by atoms with E-state index in [4.69, 9.17) is 0 Å². The fourth-order valence-corrected chi connectivity index (χ4v) is 4.62. The van der Waals surface area contributed by atoms with Crippen molar-refractivity contribution in [3.8, 4) is 0 Å². The summed E-state index contributed by atoms with van der Waals surface area (Å²) in [4.78, 5) is 16.5. The third-order valence-electron chi connectivity index (χ3n) is 6.07. The first-order valence-electron chi connectivity index (χ1n) is 9.54. The number of carboxylic acids is 1. The molecule has 1 spiro atoms. The molecule has 1 saturated carbocycles. The summed E-state index contributed by atoms with van der Waals surface area (Å²) in [5.74, 6) is -0.862. The molecule has 1 saturated heterocycles. The number of halogens is 1. The van der Waals surface area contributed by atoms with E-state index in [-0.39, 0.29) is 0 Å². The highest BCUT2D eigenvalue weighted by Gasteiger charge is 2.44. The predicted octanol–water partition coefficient (Wildman–Crippen LogP) is 5.16. The van der Waals surface area contributed by atoms with Crippen molar-refractivity contribution in [2.45, 2.75) is 32.2 Å². The van der Waals surface area contributed by atoms with Crippen molar-refractivity contribution < 1.29 is 9.90 Å². The molecule has 1 aliphatic heterocycles. The Kier molecular flexibility index (Phi) is 4.89. The smallest absolute Gasteiger partial charge is 0.339 e. The average molecular weight is 429 g/mol. The van der Waals surface area contributed by atoms with Gasteiger partial charge in [0.1, 0.15) is 5.56 Å². The maximum Gasteiger partial charge on any atom is 0.339 e. The van der Waals surface area contributed by atoms with E-state index in [1.807, 2.05) is 42.3 Å². The summed E-state index contributed by atoms with van der Waals surface area (Å²) in [5.41, 5.74) is 3.72. The minimum Gasteiger partial charge on any atom is -0.478 e. The number of carboxylic acid groups (broad SMARTS) is 1. The van der Waals surface area contributed by atoms with Gasteiger partial charge in [-0.1, -0.05) is 46.3 Å². The summed E-state index contributed by atoms with van der Waals surface area (Å²) < 4.78 is 0.920. The highest BCUT2D eigenvalue weighted by Crippen LogP contribution is 2.54. The lowest BCUT2D eigenvalue weighted by molar-refractivity contribution is 0.0698. The number of hydrogen-bond acceptors (Lipinski definition) is 3. The predicted molar refractivity (Wildman–Crippen MR) is 113 cm³/mol. The SMILES string of the molecule is CN(Cc1ccccc1)c1cc(Br)cc(N2CCC3(CC2)CC3)c1C(=O)O. The maximum absolute atomic E-state index is 12.2. The minimum atomic E-state index is -0.862. The van der Waals surface area contributed by atoms with Gasteiger partial charge in [0.05, 0.1) is 11.4 Å². The Morgan fingerprint density at radius 2 is 1.81 bits per heavy atom. The zero-order valence-corrected chi connectivity index (χ0v) is 17.2. The number of piperidine rings is 1. The average Bonchev–Trinajstić information content (AvgIpc) is 3.41. The number of rotatable bonds is 5. The van der Waals surface area contributed by atoms with Crippen LogP contribution < -0.4 is 9.80 Å². The van der Waals surface area contributed by atoms with Crippen LogP contribution in [0.3, 0.4) is 0 Å². The Balaban J connectivity index is 1.66. The fourth-order valence-electron chi connectivity index (χ4n) is 4.19. The van der Waals surface area contributed by atoms with Gasteiger partial charge in [0.15, 0.2) is 0 Å². The minimum absolute atomic E-state index is 0.406. The summed E-state index contributed by atoms with van der Waals surface area (Å²) in [6, 6.07) is 14.0. The van der Waals surface area contributed by atoms with Crippen molar-refractivity contribution in [3.05, 3.63) is 58.1 Å². The van der Waals surface area contributed by atoms with Crippen LogP contribution in [0.15, 0.2) is 46.9 Å². The van der Waals surface area contributed by atoms with E-state index >= 15 is 0 Å². The molecule has 2 aliphatic rings. The van der Waals surface area contributed by atoms with Crippen molar-refractivity contribution in [2.75, 3.05) is 29.9 Å². The quantitative estimate of drug-likeness (QED) is 0.713. The largest absolute Gasteiger partial charge is 0.478 e. The zero-order chi connectivity index (χ0) is 19.0. The van der Waals surface area contributed by atoms with Crippen molar-refractivity contribution in [2.24, 2.45) is 5.41 Å². The van der Waals surface area contributed by atoms with Crippen LogP contribution in [0.2, 0.25) is 0 Å². The van der Waals surface area contributed by atoms with Crippen molar-refractivity contribution >= 4 is 33.3 Å². The molecule has 1 aliphatic carbocycles. The molecule has 0 unspecified atom stereocenters.